The zero-order valence-electron chi connectivity index (χ0n) is 18.5. The van der Waals surface area contributed by atoms with Crippen molar-refractivity contribution in [2.45, 2.75) is 6.92 Å². The summed E-state index contributed by atoms with van der Waals surface area (Å²) in [6.45, 7) is 1.60. The first-order valence-electron chi connectivity index (χ1n) is 10.5. The van der Waals surface area contributed by atoms with Gasteiger partial charge in [-0.15, -0.1) is 0 Å². The molecule has 0 atom stereocenters. The summed E-state index contributed by atoms with van der Waals surface area (Å²) in [7, 11) is 0. The Balaban J connectivity index is 1.48. The molecule has 4 N–H and O–H groups in total. The number of H-pyrrole nitrogens is 1. The molecule has 5 aromatic rings. The molecule has 0 amide bonds. The molecule has 0 unspecified atom stereocenters. The Kier molecular flexibility index (Phi) is 5.51. The molecule has 0 saturated heterocycles. The zero-order valence-corrected chi connectivity index (χ0v) is 18.5. The highest BCUT2D eigenvalue weighted by molar-refractivity contribution is 5.88. The van der Waals surface area contributed by atoms with Gasteiger partial charge in [-0.25, -0.2) is 32.9 Å². The van der Waals surface area contributed by atoms with E-state index in [1.807, 2.05) is 0 Å². The summed E-state index contributed by atoms with van der Waals surface area (Å²) in [5.41, 5.74) is 6.38. The number of nitrogens with two attached hydrogens (primary N) is 1. The highest BCUT2D eigenvalue weighted by Gasteiger charge is 2.21. The number of benzene rings is 3. The van der Waals surface area contributed by atoms with E-state index < -0.39 is 23.4 Å². The highest BCUT2D eigenvalue weighted by atomic mass is 19.2. The van der Waals surface area contributed by atoms with Crippen LogP contribution in [0.25, 0.3) is 33.5 Å². The van der Waals surface area contributed by atoms with E-state index in [1.54, 1.807) is 6.92 Å². The van der Waals surface area contributed by atoms with Crippen molar-refractivity contribution in [2.75, 3.05) is 5.73 Å². The van der Waals surface area contributed by atoms with E-state index in [0.29, 0.717) is 5.69 Å². The molecule has 0 saturated carbocycles. The zero-order chi connectivity index (χ0) is 25.6. The first-order valence-corrected chi connectivity index (χ1v) is 10.5. The molecule has 0 bridgehead atoms. The van der Waals surface area contributed by atoms with E-state index in [1.165, 1.54) is 48.7 Å². The van der Waals surface area contributed by atoms with Crippen molar-refractivity contribution < 1.29 is 27.8 Å². The molecule has 5 rings (SSSR count). The van der Waals surface area contributed by atoms with Gasteiger partial charge in [-0.05, 0) is 55.5 Å². The van der Waals surface area contributed by atoms with Crippen LogP contribution in [0.5, 0.6) is 11.5 Å². The number of ether oxygens (including phenoxy) is 1. The minimum Gasteiger partial charge on any atom is -0.478 e. The predicted octanol–water partition coefficient (Wildman–Crippen LogP) is 5.49. The lowest BCUT2D eigenvalue weighted by molar-refractivity contribution is 0.0697. The lowest BCUT2D eigenvalue weighted by Crippen LogP contribution is -2.00. The Morgan fingerprint density at radius 3 is 2.42 bits per heavy atom. The van der Waals surface area contributed by atoms with Gasteiger partial charge in [0.05, 0.1) is 16.8 Å². The van der Waals surface area contributed by atoms with Crippen molar-refractivity contribution in [3.8, 4) is 34.0 Å². The highest BCUT2D eigenvalue weighted by Crippen LogP contribution is 2.34. The molecule has 36 heavy (non-hydrogen) atoms. The second-order valence-electron chi connectivity index (χ2n) is 7.84. The maximum absolute atomic E-state index is 14.9. The lowest BCUT2D eigenvalue weighted by Gasteiger charge is -2.08. The number of hydrogen-bond acceptors (Lipinski definition) is 6. The monoisotopic (exact) mass is 491 g/mol. The SMILES string of the molecule is Cc1nc(N)ncc1-c1cc2[nH]c(-c3ccc(Oc4ccc(C(=O)O)cc4)c(F)c3)nc2c(F)c1F. The van der Waals surface area contributed by atoms with Gasteiger partial charge < -0.3 is 20.6 Å². The van der Waals surface area contributed by atoms with Crippen molar-refractivity contribution >= 4 is 23.0 Å². The van der Waals surface area contributed by atoms with Crippen LogP contribution in [0.1, 0.15) is 16.1 Å². The van der Waals surface area contributed by atoms with Gasteiger partial charge in [0.2, 0.25) is 5.95 Å². The maximum atomic E-state index is 14.9. The number of halogens is 3. The third kappa shape index (κ3) is 4.06. The number of hydrogen-bond donors (Lipinski definition) is 3. The molecule has 0 spiro atoms. The summed E-state index contributed by atoms with van der Waals surface area (Å²) >= 11 is 0. The summed E-state index contributed by atoms with van der Waals surface area (Å²) in [4.78, 5) is 25.8. The standard InChI is InChI=1S/C25H16F3N5O3/c1-11-16(10-30-25(29)31-11)15-9-18-22(21(28)20(15)27)33-23(32-18)13-4-7-19(17(26)8-13)36-14-5-2-12(3-6-14)24(34)35/h2-10H,1H3,(H,32,33)(H,34,35)(H2,29,30,31). The van der Waals surface area contributed by atoms with Gasteiger partial charge in [-0.3, -0.25) is 0 Å². The number of aryl methyl sites for hydroxylation is 1. The molecule has 180 valence electrons. The molecule has 3 aromatic carbocycles. The number of aromatic nitrogens is 4. The summed E-state index contributed by atoms with van der Waals surface area (Å²) < 4.78 is 50.0. The number of nitrogens with one attached hydrogen (secondary N) is 1. The molecule has 0 aliphatic carbocycles. The first-order chi connectivity index (χ1) is 17.2. The van der Waals surface area contributed by atoms with Crippen LogP contribution in [0.4, 0.5) is 19.1 Å². The third-order valence-corrected chi connectivity index (χ3v) is 5.48. The topological polar surface area (TPSA) is 127 Å². The van der Waals surface area contributed by atoms with E-state index in [9.17, 15) is 18.0 Å². The van der Waals surface area contributed by atoms with Crippen molar-refractivity contribution in [2.24, 2.45) is 0 Å². The Bertz CT molecular complexity index is 1650. The van der Waals surface area contributed by atoms with E-state index in [0.717, 1.165) is 6.07 Å². The van der Waals surface area contributed by atoms with Crippen molar-refractivity contribution in [3.05, 3.63) is 83.4 Å². The largest absolute Gasteiger partial charge is 0.478 e. The van der Waals surface area contributed by atoms with Crippen LogP contribution in [0.15, 0.2) is 54.7 Å². The number of carboxylic acids is 1. The van der Waals surface area contributed by atoms with Gasteiger partial charge in [0.1, 0.15) is 17.1 Å². The number of imidazole rings is 1. The smallest absolute Gasteiger partial charge is 0.335 e. The number of carbonyl (C=O) groups is 1. The van der Waals surface area contributed by atoms with Gasteiger partial charge in [-0.2, -0.15) is 0 Å². The summed E-state index contributed by atoms with van der Waals surface area (Å²) in [5.74, 6) is -3.89. The summed E-state index contributed by atoms with van der Waals surface area (Å²) in [6.07, 6.45) is 1.31. The molecule has 0 fully saturated rings. The number of carboxylic acid groups (broad SMARTS) is 1. The second kappa shape index (κ2) is 8.69. The van der Waals surface area contributed by atoms with Gasteiger partial charge in [0, 0.05) is 22.9 Å². The van der Waals surface area contributed by atoms with Gasteiger partial charge in [0.15, 0.2) is 23.2 Å². The Morgan fingerprint density at radius 2 is 1.75 bits per heavy atom. The van der Waals surface area contributed by atoms with Crippen molar-refractivity contribution in [1.29, 1.82) is 0 Å². The van der Waals surface area contributed by atoms with Gasteiger partial charge in [-0.1, -0.05) is 0 Å². The number of nitrogen functional groups attached to an aromatic ring is 1. The van der Waals surface area contributed by atoms with E-state index in [2.05, 4.69) is 19.9 Å². The second-order valence-corrected chi connectivity index (χ2v) is 7.84. The fourth-order valence-corrected chi connectivity index (χ4v) is 3.69. The normalized spacial score (nSPS) is 11.1. The maximum Gasteiger partial charge on any atom is 0.335 e. The molecule has 8 nitrogen and oxygen atoms in total. The molecule has 2 aromatic heterocycles. The minimum atomic E-state index is -1.17. The fraction of sp³-hybridized carbons (Fsp3) is 0.0400. The van der Waals surface area contributed by atoms with Crippen molar-refractivity contribution in [3.63, 3.8) is 0 Å². The van der Waals surface area contributed by atoms with Crippen LogP contribution in [0, 0.1) is 24.4 Å². The van der Waals surface area contributed by atoms with E-state index in [-0.39, 0.29) is 56.6 Å². The van der Waals surface area contributed by atoms with Crippen LogP contribution < -0.4 is 10.5 Å². The number of aromatic carboxylic acids is 1. The molecule has 0 aliphatic rings. The van der Waals surface area contributed by atoms with Crippen LogP contribution >= 0.6 is 0 Å². The quantitative estimate of drug-likeness (QED) is 0.297. The molecular formula is C25H16F3N5O3. The Morgan fingerprint density at radius 1 is 1.00 bits per heavy atom. The summed E-state index contributed by atoms with van der Waals surface area (Å²) in [6, 6.07) is 10.8. The molecule has 0 aliphatic heterocycles. The van der Waals surface area contributed by atoms with Gasteiger partial charge in [0.25, 0.3) is 0 Å². The van der Waals surface area contributed by atoms with Crippen LogP contribution in [0.2, 0.25) is 0 Å². The number of nitrogens with zero attached hydrogens (tertiary/aromatic N) is 3. The third-order valence-electron chi connectivity index (χ3n) is 5.48. The number of fused-ring (bicyclic) bond motifs is 1. The molecular weight excluding hydrogens is 475 g/mol. The van der Waals surface area contributed by atoms with Crippen LogP contribution in [0.3, 0.4) is 0 Å². The Labute approximate surface area is 201 Å². The molecule has 0 radical (unpaired) electrons. The van der Waals surface area contributed by atoms with E-state index in [4.69, 9.17) is 15.6 Å². The van der Waals surface area contributed by atoms with Gasteiger partial charge >= 0.3 is 5.97 Å². The number of anilines is 1. The average Bonchev–Trinajstić information content (AvgIpc) is 3.28. The fourth-order valence-electron chi connectivity index (χ4n) is 3.69. The number of aromatic amines is 1. The molecule has 2 heterocycles. The van der Waals surface area contributed by atoms with Crippen LogP contribution in [-0.2, 0) is 0 Å². The average molecular weight is 491 g/mol. The number of rotatable bonds is 5. The minimum absolute atomic E-state index is 0.00811. The van der Waals surface area contributed by atoms with Crippen LogP contribution in [-0.4, -0.2) is 31.0 Å². The molecule has 11 heteroatoms. The first kappa shape index (κ1) is 22.8. The van der Waals surface area contributed by atoms with E-state index >= 15 is 0 Å². The lowest BCUT2D eigenvalue weighted by atomic mass is 10.0. The van der Waals surface area contributed by atoms with Crippen molar-refractivity contribution in [1.82, 2.24) is 19.9 Å². The Hall–Kier alpha value is -4.93. The predicted molar refractivity (Wildman–Crippen MR) is 125 cm³/mol. The summed E-state index contributed by atoms with van der Waals surface area (Å²) in [5, 5.41) is 8.96.